The zero-order chi connectivity index (χ0) is 20.0. The molecular formula is C14H15N5O8. The molecule has 0 aromatic carbocycles. The first kappa shape index (κ1) is 19.3. The van der Waals surface area contributed by atoms with Gasteiger partial charge in [-0.25, -0.2) is 9.59 Å². The topological polar surface area (TPSA) is 192 Å². The minimum Gasteiger partial charge on any atom is -0.492 e. The molecule has 4 N–H and O–H groups in total. The lowest BCUT2D eigenvalue weighted by atomic mass is 10.0. The molecule has 2 aromatic rings. The monoisotopic (exact) mass is 381 g/mol. The predicted octanol–water partition coefficient (Wildman–Crippen LogP) is 0.429. The van der Waals surface area contributed by atoms with Crippen LogP contribution < -0.4 is 9.68 Å². The number of aromatic nitrogens is 2. The smallest absolute Gasteiger partial charge is 0.333 e. The Labute approximate surface area is 150 Å². The molecule has 13 nitrogen and oxygen atoms in total. The maximum Gasteiger partial charge on any atom is 0.333 e. The first-order valence-electron chi connectivity index (χ1n) is 7.44. The fourth-order valence-corrected chi connectivity index (χ4v) is 2.09. The molecule has 0 unspecified atom stereocenters. The van der Waals surface area contributed by atoms with Gasteiger partial charge < -0.3 is 30.1 Å². The minimum atomic E-state index is -0.936. The molecule has 2 aromatic heterocycles. The van der Waals surface area contributed by atoms with Gasteiger partial charge in [-0.05, 0) is 11.4 Å². The van der Waals surface area contributed by atoms with Crippen LogP contribution in [0.2, 0.25) is 0 Å². The summed E-state index contributed by atoms with van der Waals surface area (Å²) in [6, 6.07) is 4.36. The molecule has 0 saturated heterocycles. The maximum atomic E-state index is 12.0. The van der Waals surface area contributed by atoms with Crippen LogP contribution >= 0.6 is 0 Å². The summed E-state index contributed by atoms with van der Waals surface area (Å²) in [6.45, 7) is -0.256. The summed E-state index contributed by atoms with van der Waals surface area (Å²) >= 11 is 0. The van der Waals surface area contributed by atoms with Crippen LogP contribution in [0.15, 0.2) is 29.4 Å². The molecule has 0 aliphatic rings. The molecular weight excluding hydrogens is 366 g/mol. The van der Waals surface area contributed by atoms with Crippen molar-refractivity contribution in [2.75, 3.05) is 6.54 Å². The molecule has 0 aliphatic heterocycles. The quantitative estimate of drug-likeness (QED) is 0.287. The van der Waals surface area contributed by atoms with Crippen LogP contribution in [-0.4, -0.2) is 48.4 Å². The second-order valence-corrected chi connectivity index (χ2v) is 5.30. The van der Waals surface area contributed by atoms with E-state index in [0.29, 0.717) is 9.46 Å². The zero-order valence-corrected chi connectivity index (χ0v) is 13.7. The van der Waals surface area contributed by atoms with E-state index >= 15 is 0 Å². The van der Waals surface area contributed by atoms with Gasteiger partial charge in [0.25, 0.3) is 0 Å². The van der Waals surface area contributed by atoms with Crippen molar-refractivity contribution in [1.82, 2.24) is 9.46 Å². The third-order valence-corrected chi connectivity index (χ3v) is 3.30. The van der Waals surface area contributed by atoms with Gasteiger partial charge in [0.1, 0.15) is 0 Å². The van der Waals surface area contributed by atoms with Crippen LogP contribution in [0.1, 0.15) is 12.8 Å². The number of carbonyl (C=O) groups is 2. The number of carbonyl (C=O) groups excluding carboxylic acids is 2. The van der Waals surface area contributed by atoms with E-state index in [4.69, 9.17) is 15.2 Å². The first-order valence-corrected chi connectivity index (χ1v) is 7.44. The fourth-order valence-electron chi connectivity index (χ4n) is 2.09. The van der Waals surface area contributed by atoms with Crippen LogP contribution in [-0.2, 0) is 9.59 Å². The molecule has 144 valence electrons. The highest BCUT2D eigenvalue weighted by atomic mass is 16.7. The largest absolute Gasteiger partial charge is 0.492 e. The Morgan fingerprint density at radius 1 is 0.926 bits per heavy atom. The Kier molecular flexibility index (Phi) is 6.02. The van der Waals surface area contributed by atoms with Crippen molar-refractivity contribution in [2.24, 2.45) is 11.0 Å². The Bertz CT molecular complexity index is 781. The van der Waals surface area contributed by atoms with E-state index < -0.39 is 54.2 Å². The molecule has 27 heavy (non-hydrogen) atoms. The number of nitrogens with zero attached hydrogens (tertiary/aromatic N) is 5. The highest BCUT2D eigenvalue weighted by Gasteiger charge is 2.22. The molecule has 2 rings (SSSR count). The Morgan fingerprint density at radius 3 is 1.63 bits per heavy atom. The van der Waals surface area contributed by atoms with Gasteiger partial charge in [-0.3, -0.25) is 0 Å². The summed E-state index contributed by atoms with van der Waals surface area (Å²) < 4.78 is 0.947. The molecule has 0 bridgehead atoms. The highest BCUT2D eigenvalue weighted by molar-refractivity contribution is 5.74. The number of hydrogen-bond acceptors (Lipinski definition) is 9. The summed E-state index contributed by atoms with van der Waals surface area (Å²) in [5.41, 5.74) is 8.43. The number of azide groups is 1. The SMILES string of the molecule is [N-]=[N+]=NCC(CC(=O)On1c(O)ccc1O)CC(=O)On1c(O)ccc1O. The molecule has 0 fully saturated rings. The van der Waals surface area contributed by atoms with Crippen molar-refractivity contribution in [1.29, 1.82) is 0 Å². The summed E-state index contributed by atoms with van der Waals surface area (Å²) in [5.74, 6) is -4.81. The standard InChI is InChI=1S/C14H15N5O8/c15-17-16-7-8(5-13(24)26-18-9(20)1-2-10(18)21)6-14(25)27-19-11(22)3-4-12(19)23/h1-4,8,20-23H,5-7H2. The summed E-state index contributed by atoms with van der Waals surface area (Å²) in [6.07, 6.45) is -0.844. The van der Waals surface area contributed by atoms with Crippen LogP contribution in [0.5, 0.6) is 23.5 Å². The molecule has 13 heteroatoms. The van der Waals surface area contributed by atoms with Gasteiger partial charge in [0.2, 0.25) is 23.5 Å². The molecule has 0 amide bonds. The normalized spacial score (nSPS) is 10.4. The number of aromatic hydroxyl groups is 4. The Hall–Kier alpha value is -3.99. The van der Waals surface area contributed by atoms with Crippen molar-refractivity contribution in [3.05, 3.63) is 34.7 Å². The van der Waals surface area contributed by atoms with Gasteiger partial charge in [-0.15, -0.1) is 9.46 Å². The van der Waals surface area contributed by atoms with E-state index in [9.17, 15) is 30.0 Å². The van der Waals surface area contributed by atoms with Crippen molar-refractivity contribution in [2.45, 2.75) is 12.8 Å². The Balaban J connectivity index is 2.00. The zero-order valence-electron chi connectivity index (χ0n) is 13.7. The average Bonchev–Trinajstić information content (AvgIpc) is 3.09. The van der Waals surface area contributed by atoms with Crippen LogP contribution in [0.4, 0.5) is 0 Å². The maximum absolute atomic E-state index is 12.0. The van der Waals surface area contributed by atoms with Crippen LogP contribution in [0, 0.1) is 5.92 Å². The van der Waals surface area contributed by atoms with Gasteiger partial charge >= 0.3 is 11.9 Å². The third-order valence-electron chi connectivity index (χ3n) is 3.30. The number of rotatable bonds is 8. The summed E-state index contributed by atoms with van der Waals surface area (Å²) in [4.78, 5) is 36.0. The van der Waals surface area contributed by atoms with E-state index in [0.717, 1.165) is 24.3 Å². The molecule has 0 aliphatic carbocycles. The van der Waals surface area contributed by atoms with Crippen molar-refractivity contribution < 1.29 is 39.7 Å². The van der Waals surface area contributed by atoms with E-state index in [1.165, 1.54) is 0 Å². The van der Waals surface area contributed by atoms with Gasteiger partial charge in [0.05, 0.1) is 12.8 Å². The van der Waals surface area contributed by atoms with Crippen molar-refractivity contribution in [3.8, 4) is 23.5 Å². The average molecular weight is 381 g/mol. The van der Waals surface area contributed by atoms with Crippen molar-refractivity contribution in [3.63, 3.8) is 0 Å². The molecule has 0 spiro atoms. The van der Waals surface area contributed by atoms with E-state index in [2.05, 4.69) is 10.0 Å². The van der Waals surface area contributed by atoms with E-state index in [1.54, 1.807) is 0 Å². The third kappa shape index (κ3) is 4.99. The van der Waals surface area contributed by atoms with Crippen LogP contribution in [0.3, 0.4) is 0 Å². The van der Waals surface area contributed by atoms with Gasteiger partial charge in [0.15, 0.2) is 0 Å². The number of hydrogen-bond donors (Lipinski definition) is 4. The second-order valence-electron chi connectivity index (χ2n) is 5.30. The minimum absolute atomic E-state index is 0.256. The first-order chi connectivity index (χ1) is 12.8. The van der Waals surface area contributed by atoms with Crippen molar-refractivity contribution >= 4 is 11.9 Å². The Morgan fingerprint density at radius 2 is 1.30 bits per heavy atom. The molecule has 0 atom stereocenters. The summed E-state index contributed by atoms with van der Waals surface area (Å²) in [5, 5.41) is 41.0. The predicted molar refractivity (Wildman–Crippen MR) is 85.4 cm³/mol. The highest BCUT2D eigenvalue weighted by Crippen LogP contribution is 2.21. The van der Waals surface area contributed by atoms with E-state index in [-0.39, 0.29) is 6.54 Å². The molecule has 0 saturated carbocycles. The van der Waals surface area contributed by atoms with Gasteiger partial charge in [0, 0.05) is 35.7 Å². The van der Waals surface area contributed by atoms with Gasteiger partial charge in [-0.2, -0.15) is 0 Å². The summed E-state index contributed by atoms with van der Waals surface area (Å²) in [7, 11) is 0. The van der Waals surface area contributed by atoms with E-state index in [1.807, 2.05) is 0 Å². The lowest BCUT2D eigenvalue weighted by Gasteiger charge is -2.14. The lowest BCUT2D eigenvalue weighted by molar-refractivity contribution is -0.149. The second kappa shape index (κ2) is 8.40. The molecule has 2 heterocycles. The van der Waals surface area contributed by atoms with Crippen LogP contribution in [0.25, 0.3) is 10.4 Å². The lowest BCUT2D eigenvalue weighted by Crippen LogP contribution is -2.27. The molecule has 0 radical (unpaired) electrons. The fraction of sp³-hybridized carbons (Fsp3) is 0.286. The van der Waals surface area contributed by atoms with Gasteiger partial charge in [-0.1, -0.05) is 5.11 Å².